The molecule has 0 saturated heterocycles. The summed E-state index contributed by atoms with van der Waals surface area (Å²) in [5.74, 6) is 1.10. The summed E-state index contributed by atoms with van der Waals surface area (Å²) in [4.78, 5) is 14.6. The molecular weight excluding hydrogens is 232 g/mol. The lowest BCUT2D eigenvalue weighted by Crippen LogP contribution is -2.35. The van der Waals surface area contributed by atoms with Crippen LogP contribution < -0.4 is 5.32 Å². The molecule has 0 aliphatic rings. The summed E-state index contributed by atoms with van der Waals surface area (Å²) >= 11 is 1.82. The molecule has 4 heteroatoms. The van der Waals surface area contributed by atoms with Gasteiger partial charge in [0.15, 0.2) is 0 Å². The number of amides is 1. The van der Waals surface area contributed by atoms with Crippen LogP contribution in [0.1, 0.15) is 6.92 Å². The van der Waals surface area contributed by atoms with Crippen LogP contribution in [0.25, 0.3) is 0 Å². The Hall–Kier alpha value is -1.00. The Morgan fingerprint density at radius 3 is 2.71 bits per heavy atom. The molecule has 1 aromatic carbocycles. The van der Waals surface area contributed by atoms with Gasteiger partial charge in [-0.2, -0.15) is 0 Å². The fourth-order valence-electron chi connectivity index (χ4n) is 1.41. The number of carbonyl (C=O) groups is 1. The first-order valence-electron chi connectivity index (χ1n) is 5.85. The fourth-order valence-corrected chi connectivity index (χ4v) is 2.40. The van der Waals surface area contributed by atoms with Gasteiger partial charge in [-0.3, -0.25) is 9.69 Å². The summed E-state index contributed by atoms with van der Waals surface area (Å²) in [5.41, 5.74) is 0. The second-order valence-electron chi connectivity index (χ2n) is 3.85. The minimum atomic E-state index is 0.0970. The predicted octanol–water partition coefficient (Wildman–Crippen LogP) is 1.85. The fraction of sp³-hybridized carbons (Fsp3) is 0.462. The average Bonchev–Trinajstić information content (AvgIpc) is 2.30. The first-order chi connectivity index (χ1) is 8.22. The maximum absolute atomic E-state index is 11.3. The zero-order chi connectivity index (χ0) is 12.5. The van der Waals surface area contributed by atoms with Gasteiger partial charge in [-0.15, -0.1) is 11.8 Å². The van der Waals surface area contributed by atoms with Crippen molar-refractivity contribution in [2.24, 2.45) is 0 Å². The zero-order valence-corrected chi connectivity index (χ0v) is 11.3. The van der Waals surface area contributed by atoms with E-state index in [2.05, 4.69) is 17.4 Å². The molecule has 0 atom stereocenters. The number of benzene rings is 1. The Morgan fingerprint density at radius 1 is 1.35 bits per heavy atom. The van der Waals surface area contributed by atoms with Gasteiger partial charge in [-0.25, -0.2) is 0 Å². The predicted molar refractivity (Wildman–Crippen MR) is 73.3 cm³/mol. The van der Waals surface area contributed by atoms with E-state index < -0.39 is 0 Å². The molecule has 0 aliphatic carbocycles. The molecular formula is C13H20N2OS. The molecule has 0 aliphatic heterocycles. The number of hydrogen-bond donors (Lipinski definition) is 1. The van der Waals surface area contributed by atoms with Crippen LogP contribution in [0.5, 0.6) is 0 Å². The molecule has 1 aromatic rings. The van der Waals surface area contributed by atoms with Crippen LogP contribution in [0, 0.1) is 0 Å². The normalized spacial score (nSPS) is 10.5. The molecule has 0 saturated carbocycles. The second kappa shape index (κ2) is 8.14. The van der Waals surface area contributed by atoms with Crippen LogP contribution in [0.3, 0.4) is 0 Å². The minimum Gasteiger partial charge on any atom is -0.355 e. The van der Waals surface area contributed by atoms with E-state index in [1.54, 1.807) is 0 Å². The van der Waals surface area contributed by atoms with Crippen LogP contribution in [-0.4, -0.2) is 43.2 Å². The van der Waals surface area contributed by atoms with E-state index in [1.807, 2.05) is 48.8 Å². The van der Waals surface area contributed by atoms with E-state index in [0.717, 1.165) is 12.3 Å². The number of hydrogen-bond acceptors (Lipinski definition) is 3. The molecule has 0 heterocycles. The molecule has 1 rings (SSSR count). The lowest BCUT2D eigenvalue weighted by molar-refractivity contribution is -0.121. The highest BCUT2D eigenvalue weighted by Gasteiger charge is 2.04. The molecule has 0 aromatic heterocycles. The van der Waals surface area contributed by atoms with Crippen molar-refractivity contribution >= 4 is 17.7 Å². The van der Waals surface area contributed by atoms with Crippen molar-refractivity contribution in [3.8, 4) is 0 Å². The van der Waals surface area contributed by atoms with Crippen molar-refractivity contribution in [2.75, 3.05) is 32.4 Å². The third kappa shape index (κ3) is 6.34. The lowest BCUT2D eigenvalue weighted by atomic mass is 10.4. The molecule has 0 bridgehead atoms. The van der Waals surface area contributed by atoms with E-state index in [9.17, 15) is 4.79 Å². The van der Waals surface area contributed by atoms with Gasteiger partial charge in [-0.1, -0.05) is 18.2 Å². The minimum absolute atomic E-state index is 0.0970. The van der Waals surface area contributed by atoms with Gasteiger partial charge < -0.3 is 5.32 Å². The first kappa shape index (κ1) is 14.1. The van der Waals surface area contributed by atoms with Crippen molar-refractivity contribution in [1.82, 2.24) is 10.2 Å². The van der Waals surface area contributed by atoms with Crippen molar-refractivity contribution in [3.63, 3.8) is 0 Å². The van der Waals surface area contributed by atoms with Crippen molar-refractivity contribution in [1.29, 1.82) is 0 Å². The topological polar surface area (TPSA) is 32.3 Å². The highest BCUT2D eigenvalue weighted by Crippen LogP contribution is 2.16. The molecule has 0 unspecified atom stereocenters. The number of carbonyl (C=O) groups excluding carboxylic acids is 1. The molecule has 0 fully saturated rings. The summed E-state index contributed by atoms with van der Waals surface area (Å²) in [6.45, 7) is 4.02. The third-order valence-corrected chi connectivity index (χ3v) is 3.26. The number of thioether (sulfide) groups is 1. The van der Waals surface area contributed by atoms with Crippen LogP contribution in [-0.2, 0) is 4.79 Å². The van der Waals surface area contributed by atoms with Crippen LogP contribution in [0.4, 0.5) is 0 Å². The molecule has 0 spiro atoms. The average molecular weight is 252 g/mol. The monoisotopic (exact) mass is 252 g/mol. The third-order valence-electron chi connectivity index (χ3n) is 2.27. The van der Waals surface area contributed by atoms with E-state index in [1.165, 1.54) is 4.90 Å². The standard InChI is InChI=1S/C13H20N2OS/c1-3-14-13(16)11-15(2)9-10-17-12-7-5-4-6-8-12/h4-8H,3,9-11H2,1-2H3,(H,14,16). The van der Waals surface area contributed by atoms with Crippen molar-refractivity contribution in [2.45, 2.75) is 11.8 Å². The Kier molecular flexibility index (Phi) is 6.74. The molecule has 3 nitrogen and oxygen atoms in total. The van der Waals surface area contributed by atoms with E-state index in [4.69, 9.17) is 0 Å². The summed E-state index contributed by atoms with van der Waals surface area (Å²) < 4.78 is 0. The SMILES string of the molecule is CCNC(=O)CN(C)CCSc1ccccc1. The van der Waals surface area contributed by atoms with Gasteiger partial charge in [-0.05, 0) is 26.1 Å². The summed E-state index contributed by atoms with van der Waals surface area (Å²) in [6.07, 6.45) is 0. The molecule has 1 amide bonds. The number of nitrogens with one attached hydrogen (secondary N) is 1. The number of nitrogens with zero attached hydrogens (tertiary/aromatic N) is 1. The first-order valence-corrected chi connectivity index (χ1v) is 6.84. The van der Waals surface area contributed by atoms with Gasteiger partial charge in [0.05, 0.1) is 6.54 Å². The van der Waals surface area contributed by atoms with Crippen LogP contribution in [0.15, 0.2) is 35.2 Å². The van der Waals surface area contributed by atoms with E-state index >= 15 is 0 Å². The quantitative estimate of drug-likeness (QED) is 0.752. The van der Waals surface area contributed by atoms with Gasteiger partial charge in [0.1, 0.15) is 0 Å². The van der Waals surface area contributed by atoms with Crippen molar-refractivity contribution < 1.29 is 4.79 Å². The summed E-state index contributed by atoms with van der Waals surface area (Å²) in [5, 5.41) is 2.80. The largest absolute Gasteiger partial charge is 0.355 e. The molecule has 1 N–H and O–H groups in total. The molecule has 17 heavy (non-hydrogen) atoms. The maximum atomic E-state index is 11.3. The Labute approximate surface area is 108 Å². The van der Waals surface area contributed by atoms with Crippen molar-refractivity contribution in [3.05, 3.63) is 30.3 Å². The Balaban J connectivity index is 2.16. The molecule has 94 valence electrons. The highest BCUT2D eigenvalue weighted by molar-refractivity contribution is 7.99. The highest BCUT2D eigenvalue weighted by atomic mass is 32.2. The lowest BCUT2D eigenvalue weighted by Gasteiger charge is -2.15. The number of rotatable bonds is 7. The van der Waals surface area contributed by atoms with E-state index in [0.29, 0.717) is 13.1 Å². The van der Waals surface area contributed by atoms with Gasteiger partial charge >= 0.3 is 0 Å². The van der Waals surface area contributed by atoms with Crippen LogP contribution >= 0.6 is 11.8 Å². The van der Waals surface area contributed by atoms with E-state index in [-0.39, 0.29) is 5.91 Å². The Morgan fingerprint density at radius 2 is 2.06 bits per heavy atom. The zero-order valence-electron chi connectivity index (χ0n) is 10.5. The second-order valence-corrected chi connectivity index (χ2v) is 5.02. The van der Waals surface area contributed by atoms with Gasteiger partial charge in [0.25, 0.3) is 0 Å². The van der Waals surface area contributed by atoms with Gasteiger partial charge in [0, 0.05) is 23.7 Å². The summed E-state index contributed by atoms with van der Waals surface area (Å²) in [6, 6.07) is 10.3. The maximum Gasteiger partial charge on any atom is 0.234 e. The Bertz CT molecular complexity index is 329. The summed E-state index contributed by atoms with van der Waals surface area (Å²) in [7, 11) is 1.97. The number of likely N-dealkylation sites (N-methyl/N-ethyl adjacent to an activating group) is 2. The smallest absolute Gasteiger partial charge is 0.234 e. The van der Waals surface area contributed by atoms with Gasteiger partial charge in [0.2, 0.25) is 5.91 Å². The van der Waals surface area contributed by atoms with Crippen LogP contribution in [0.2, 0.25) is 0 Å². The molecule has 0 radical (unpaired) electrons.